The molecule has 3 N–H and O–H groups in total. The van der Waals surface area contributed by atoms with Crippen LogP contribution in [-0.4, -0.2) is 11.9 Å². The Morgan fingerprint density at radius 2 is 2.00 bits per heavy atom. The van der Waals surface area contributed by atoms with Crippen LogP contribution in [0.3, 0.4) is 0 Å². The lowest BCUT2D eigenvalue weighted by atomic mass is 10.3. The van der Waals surface area contributed by atoms with E-state index in [0.29, 0.717) is 5.75 Å². The largest absolute Gasteiger partial charge is 0.483 e. The van der Waals surface area contributed by atoms with Crippen molar-refractivity contribution in [2.75, 3.05) is 0 Å². The second kappa shape index (κ2) is 3.89. The van der Waals surface area contributed by atoms with E-state index in [1.807, 2.05) is 0 Å². The summed E-state index contributed by atoms with van der Waals surface area (Å²) in [6.45, 7) is 1.66. The first kappa shape index (κ1) is 9.51. The second-order valence-electron chi connectivity index (χ2n) is 2.67. The minimum Gasteiger partial charge on any atom is -0.483 e. The number of halogens is 1. The van der Waals surface area contributed by atoms with Gasteiger partial charge in [-0.3, -0.25) is 5.41 Å². The van der Waals surface area contributed by atoms with Crippen LogP contribution in [0.2, 0.25) is 0 Å². The molecule has 1 unspecified atom stereocenters. The van der Waals surface area contributed by atoms with Crippen LogP contribution in [0.1, 0.15) is 6.92 Å². The van der Waals surface area contributed by atoms with Crippen molar-refractivity contribution < 1.29 is 9.13 Å². The molecule has 13 heavy (non-hydrogen) atoms. The molecule has 3 nitrogen and oxygen atoms in total. The molecule has 1 aromatic carbocycles. The molecule has 70 valence electrons. The van der Waals surface area contributed by atoms with Gasteiger partial charge in [0.1, 0.15) is 17.4 Å². The maximum Gasteiger partial charge on any atom is 0.152 e. The smallest absolute Gasteiger partial charge is 0.152 e. The molecule has 0 bridgehead atoms. The predicted molar refractivity (Wildman–Crippen MR) is 48.4 cm³/mol. The molecule has 0 aliphatic heterocycles. The first-order valence-corrected chi connectivity index (χ1v) is 3.85. The van der Waals surface area contributed by atoms with Crippen molar-refractivity contribution in [2.45, 2.75) is 13.0 Å². The summed E-state index contributed by atoms with van der Waals surface area (Å²) in [6.07, 6.45) is -0.481. The van der Waals surface area contributed by atoms with Crippen molar-refractivity contribution in [3.05, 3.63) is 30.1 Å². The van der Waals surface area contributed by atoms with Crippen LogP contribution >= 0.6 is 0 Å². The number of hydrogen-bond acceptors (Lipinski definition) is 2. The van der Waals surface area contributed by atoms with Gasteiger partial charge in [-0.1, -0.05) is 0 Å². The van der Waals surface area contributed by atoms with Crippen LogP contribution in [0.5, 0.6) is 5.75 Å². The Morgan fingerprint density at radius 1 is 1.46 bits per heavy atom. The normalized spacial score (nSPS) is 12.2. The van der Waals surface area contributed by atoms with Crippen LogP contribution in [0.25, 0.3) is 0 Å². The molecule has 0 aliphatic rings. The lowest BCUT2D eigenvalue weighted by molar-refractivity contribution is 0.284. The monoisotopic (exact) mass is 182 g/mol. The molecular weight excluding hydrogens is 171 g/mol. The van der Waals surface area contributed by atoms with E-state index in [9.17, 15) is 4.39 Å². The number of benzene rings is 1. The van der Waals surface area contributed by atoms with Gasteiger partial charge in [0.15, 0.2) is 6.10 Å². The fourth-order valence-electron chi connectivity index (χ4n) is 0.781. The summed E-state index contributed by atoms with van der Waals surface area (Å²) in [7, 11) is 0. The highest BCUT2D eigenvalue weighted by atomic mass is 19.1. The zero-order valence-corrected chi connectivity index (χ0v) is 7.25. The molecule has 0 saturated carbocycles. The van der Waals surface area contributed by atoms with E-state index in [0.717, 1.165) is 0 Å². The number of rotatable bonds is 3. The number of ether oxygens (including phenoxy) is 1. The summed E-state index contributed by atoms with van der Waals surface area (Å²) in [4.78, 5) is 0. The summed E-state index contributed by atoms with van der Waals surface area (Å²) < 4.78 is 17.7. The second-order valence-corrected chi connectivity index (χ2v) is 2.67. The number of nitrogens with two attached hydrogens (primary N) is 1. The Hall–Kier alpha value is -1.58. The van der Waals surface area contributed by atoms with E-state index in [1.165, 1.54) is 24.3 Å². The highest BCUT2D eigenvalue weighted by molar-refractivity contribution is 5.81. The molecule has 0 aliphatic carbocycles. The molecule has 0 aromatic heterocycles. The Bertz CT molecular complexity index is 297. The average Bonchev–Trinajstić information content (AvgIpc) is 2.08. The summed E-state index contributed by atoms with van der Waals surface area (Å²) in [5.74, 6) is 0.135. The van der Waals surface area contributed by atoms with Gasteiger partial charge in [-0.2, -0.15) is 0 Å². The Morgan fingerprint density at radius 3 is 2.46 bits per heavy atom. The van der Waals surface area contributed by atoms with Gasteiger partial charge in [0, 0.05) is 0 Å². The zero-order chi connectivity index (χ0) is 9.84. The van der Waals surface area contributed by atoms with Crippen molar-refractivity contribution in [3.63, 3.8) is 0 Å². The minimum absolute atomic E-state index is 0.0516. The van der Waals surface area contributed by atoms with E-state index in [2.05, 4.69) is 0 Å². The van der Waals surface area contributed by atoms with E-state index in [1.54, 1.807) is 6.92 Å². The van der Waals surface area contributed by atoms with Crippen molar-refractivity contribution in [1.29, 1.82) is 5.41 Å². The van der Waals surface area contributed by atoms with E-state index < -0.39 is 6.10 Å². The van der Waals surface area contributed by atoms with Gasteiger partial charge in [-0.05, 0) is 31.2 Å². The molecule has 0 heterocycles. The van der Waals surface area contributed by atoms with Crippen LogP contribution in [-0.2, 0) is 0 Å². The van der Waals surface area contributed by atoms with Gasteiger partial charge in [-0.15, -0.1) is 0 Å². The van der Waals surface area contributed by atoms with E-state index >= 15 is 0 Å². The van der Waals surface area contributed by atoms with Crippen molar-refractivity contribution in [3.8, 4) is 5.75 Å². The van der Waals surface area contributed by atoms with E-state index in [-0.39, 0.29) is 11.7 Å². The summed E-state index contributed by atoms with van der Waals surface area (Å²) in [5, 5.41) is 7.07. The zero-order valence-electron chi connectivity index (χ0n) is 7.25. The van der Waals surface area contributed by atoms with Crippen molar-refractivity contribution >= 4 is 5.84 Å². The quantitative estimate of drug-likeness (QED) is 0.550. The fourth-order valence-corrected chi connectivity index (χ4v) is 0.781. The highest BCUT2D eigenvalue weighted by Gasteiger charge is 2.05. The minimum atomic E-state index is -0.481. The molecule has 0 fully saturated rings. The topological polar surface area (TPSA) is 59.1 Å². The highest BCUT2D eigenvalue weighted by Crippen LogP contribution is 2.12. The van der Waals surface area contributed by atoms with Crippen molar-refractivity contribution in [1.82, 2.24) is 0 Å². The average molecular weight is 182 g/mol. The third kappa shape index (κ3) is 2.74. The number of nitrogens with one attached hydrogen (secondary N) is 1. The Labute approximate surface area is 75.8 Å². The van der Waals surface area contributed by atoms with Crippen molar-refractivity contribution in [2.24, 2.45) is 5.73 Å². The third-order valence-corrected chi connectivity index (χ3v) is 1.56. The van der Waals surface area contributed by atoms with Crippen LogP contribution in [0, 0.1) is 11.2 Å². The van der Waals surface area contributed by atoms with Crippen LogP contribution < -0.4 is 10.5 Å². The third-order valence-electron chi connectivity index (χ3n) is 1.56. The first-order chi connectivity index (χ1) is 6.09. The molecule has 1 rings (SSSR count). The molecule has 1 aromatic rings. The standard InChI is InChI=1S/C9H11FN2O/c1-6(9(11)12)13-8-4-2-7(10)3-5-8/h2-6H,1H3,(H3,11,12). The summed E-state index contributed by atoms with van der Waals surface area (Å²) in [5.41, 5.74) is 5.20. The van der Waals surface area contributed by atoms with Gasteiger partial charge in [0.25, 0.3) is 0 Å². The predicted octanol–water partition coefficient (Wildman–Crippen LogP) is 1.53. The first-order valence-electron chi connectivity index (χ1n) is 3.85. The number of hydrogen-bond donors (Lipinski definition) is 2. The molecule has 1 atom stereocenters. The van der Waals surface area contributed by atoms with Gasteiger partial charge < -0.3 is 10.5 Å². The molecule has 4 heteroatoms. The van der Waals surface area contributed by atoms with Crippen LogP contribution in [0.4, 0.5) is 4.39 Å². The van der Waals surface area contributed by atoms with Gasteiger partial charge in [0.2, 0.25) is 0 Å². The van der Waals surface area contributed by atoms with Gasteiger partial charge >= 0.3 is 0 Å². The summed E-state index contributed by atoms with van der Waals surface area (Å²) >= 11 is 0. The fraction of sp³-hybridized carbons (Fsp3) is 0.222. The van der Waals surface area contributed by atoms with Crippen LogP contribution in [0.15, 0.2) is 24.3 Å². The molecule has 0 radical (unpaired) electrons. The Balaban J connectivity index is 2.64. The SMILES string of the molecule is CC(Oc1ccc(F)cc1)C(=N)N. The maximum atomic E-state index is 12.5. The van der Waals surface area contributed by atoms with Gasteiger partial charge in [-0.25, -0.2) is 4.39 Å². The van der Waals surface area contributed by atoms with Gasteiger partial charge in [0.05, 0.1) is 0 Å². The lowest BCUT2D eigenvalue weighted by Crippen LogP contribution is -2.29. The lowest BCUT2D eigenvalue weighted by Gasteiger charge is -2.12. The number of amidine groups is 1. The molecule has 0 amide bonds. The van der Waals surface area contributed by atoms with E-state index in [4.69, 9.17) is 15.9 Å². The summed E-state index contributed by atoms with van der Waals surface area (Å²) in [6, 6.07) is 5.58. The molecular formula is C9H11FN2O. The maximum absolute atomic E-state index is 12.5. The Kier molecular flexibility index (Phi) is 2.84. The molecule has 0 spiro atoms. The molecule has 0 saturated heterocycles.